The van der Waals surface area contributed by atoms with Crippen molar-refractivity contribution in [3.8, 4) is 5.75 Å². The Kier molecular flexibility index (Phi) is 5.27. The number of aldehydes is 1. The highest BCUT2D eigenvalue weighted by Gasteiger charge is 2.08. The molecule has 1 aromatic carbocycles. The van der Waals surface area contributed by atoms with Gasteiger partial charge in [0.1, 0.15) is 16.1 Å². The first kappa shape index (κ1) is 14.6. The molecular weight excluding hydrogens is 259 g/mol. The summed E-state index contributed by atoms with van der Waals surface area (Å²) in [7, 11) is -3.01. The SMILES string of the molecule is CCS(=O)(=O)CCCOc1ccc(C=O)cc1F. The van der Waals surface area contributed by atoms with E-state index in [4.69, 9.17) is 4.74 Å². The molecule has 0 amide bonds. The summed E-state index contributed by atoms with van der Waals surface area (Å²) in [4.78, 5) is 10.4. The number of halogens is 1. The van der Waals surface area contributed by atoms with Crippen LogP contribution in [0, 0.1) is 5.82 Å². The van der Waals surface area contributed by atoms with E-state index in [1.165, 1.54) is 12.1 Å². The van der Waals surface area contributed by atoms with Gasteiger partial charge < -0.3 is 4.74 Å². The zero-order chi connectivity index (χ0) is 13.6. The molecule has 0 aromatic heterocycles. The maximum atomic E-state index is 13.4. The Morgan fingerprint density at radius 3 is 2.67 bits per heavy atom. The predicted octanol–water partition coefficient (Wildman–Crippen LogP) is 1.84. The van der Waals surface area contributed by atoms with Crippen LogP contribution in [0.4, 0.5) is 4.39 Å². The molecule has 0 aliphatic rings. The lowest BCUT2D eigenvalue weighted by Crippen LogP contribution is -2.12. The summed E-state index contributed by atoms with van der Waals surface area (Å²) >= 11 is 0. The van der Waals surface area contributed by atoms with Gasteiger partial charge in [0.05, 0.1) is 12.4 Å². The lowest BCUT2D eigenvalue weighted by Gasteiger charge is -2.07. The van der Waals surface area contributed by atoms with Gasteiger partial charge in [-0.3, -0.25) is 4.79 Å². The fourth-order valence-corrected chi connectivity index (χ4v) is 2.16. The molecule has 0 atom stereocenters. The van der Waals surface area contributed by atoms with E-state index in [9.17, 15) is 17.6 Å². The molecule has 0 saturated carbocycles. The molecule has 1 aromatic rings. The molecule has 0 unspecified atom stereocenters. The van der Waals surface area contributed by atoms with E-state index in [2.05, 4.69) is 0 Å². The van der Waals surface area contributed by atoms with Gasteiger partial charge in [0.25, 0.3) is 0 Å². The second-order valence-corrected chi connectivity index (χ2v) is 6.22. The van der Waals surface area contributed by atoms with Crippen molar-refractivity contribution in [2.24, 2.45) is 0 Å². The van der Waals surface area contributed by atoms with Gasteiger partial charge in [-0.25, -0.2) is 12.8 Å². The monoisotopic (exact) mass is 274 g/mol. The average Bonchev–Trinajstić information content (AvgIpc) is 2.36. The van der Waals surface area contributed by atoms with E-state index >= 15 is 0 Å². The van der Waals surface area contributed by atoms with Gasteiger partial charge in [0.15, 0.2) is 11.6 Å². The third-order valence-electron chi connectivity index (χ3n) is 2.39. The van der Waals surface area contributed by atoms with E-state index in [1.54, 1.807) is 6.92 Å². The first-order valence-electron chi connectivity index (χ1n) is 5.56. The molecule has 6 heteroatoms. The Morgan fingerprint density at radius 2 is 2.11 bits per heavy atom. The Hall–Kier alpha value is -1.43. The molecule has 0 saturated heterocycles. The first-order valence-corrected chi connectivity index (χ1v) is 7.38. The largest absolute Gasteiger partial charge is 0.490 e. The van der Waals surface area contributed by atoms with E-state index in [1.807, 2.05) is 0 Å². The normalized spacial score (nSPS) is 11.2. The van der Waals surface area contributed by atoms with Gasteiger partial charge >= 0.3 is 0 Å². The van der Waals surface area contributed by atoms with Gasteiger partial charge in [-0.2, -0.15) is 0 Å². The van der Waals surface area contributed by atoms with Crippen LogP contribution in [0.15, 0.2) is 18.2 Å². The smallest absolute Gasteiger partial charge is 0.165 e. The van der Waals surface area contributed by atoms with E-state index in [0.717, 1.165) is 6.07 Å². The quantitative estimate of drug-likeness (QED) is 0.562. The maximum Gasteiger partial charge on any atom is 0.165 e. The summed E-state index contributed by atoms with van der Waals surface area (Å²) in [5.41, 5.74) is 0.230. The fourth-order valence-electron chi connectivity index (χ4n) is 1.31. The number of hydrogen-bond acceptors (Lipinski definition) is 4. The number of hydrogen-bond donors (Lipinski definition) is 0. The van der Waals surface area contributed by atoms with Crippen molar-refractivity contribution in [3.63, 3.8) is 0 Å². The van der Waals surface area contributed by atoms with E-state index in [-0.39, 0.29) is 29.4 Å². The maximum absolute atomic E-state index is 13.4. The molecule has 0 aliphatic carbocycles. The number of ether oxygens (including phenoxy) is 1. The van der Waals surface area contributed by atoms with Crippen LogP contribution in [0.3, 0.4) is 0 Å². The summed E-state index contributed by atoms with van der Waals surface area (Å²) in [5.74, 6) is -0.486. The number of benzene rings is 1. The standard InChI is InChI=1S/C12H15FO4S/c1-2-18(15,16)7-3-6-17-12-5-4-10(9-14)8-11(12)13/h4-5,8-9H,2-3,6-7H2,1H3. The second-order valence-electron chi connectivity index (χ2n) is 3.75. The molecule has 1 rings (SSSR count). The Morgan fingerprint density at radius 1 is 1.39 bits per heavy atom. The molecule has 0 N–H and O–H groups in total. The third kappa shape index (κ3) is 4.44. The van der Waals surface area contributed by atoms with Crippen molar-refractivity contribution in [3.05, 3.63) is 29.6 Å². The van der Waals surface area contributed by atoms with Crippen LogP contribution >= 0.6 is 0 Å². The minimum Gasteiger partial charge on any atom is -0.490 e. The van der Waals surface area contributed by atoms with Crippen molar-refractivity contribution in [1.29, 1.82) is 0 Å². The average molecular weight is 274 g/mol. The first-order chi connectivity index (χ1) is 8.48. The van der Waals surface area contributed by atoms with Crippen molar-refractivity contribution in [2.75, 3.05) is 18.1 Å². The highest BCUT2D eigenvalue weighted by atomic mass is 32.2. The molecule has 0 aliphatic heterocycles. The zero-order valence-corrected chi connectivity index (χ0v) is 10.9. The van der Waals surface area contributed by atoms with E-state index in [0.29, 0.717) is 12.7 Å². The summed E-state index contributed by atoms with van der Waals surface area (Å²) in [5, 5.41) is 0. The Labute approximate surface area is 106 Å². The second kappa shape index (κ2) is 6.49. The summed E-state index contributed by atoms with van der Waals surface area (Å²) < 4.78 is 40.9. The van der Waals surface area contributed by atoms with Crippen molar-refractivity contribution in [2.45, 2.75) is 13.3 Å². The van der Waals surface area contributed by atoms with Gasteiger partial charge in [0, 0.05) is 11.3 Å². The molecular formula is C12H15FO4S. The molecule has 0 fully saturated rings. The molecule has 100 valence electrons. The zero-order valence-electron chi connectivity index (χ0n) is 10.1. The molecule has 18 heavy (non-hydrogen) atoms. The van der Waals surface area contributed by atoms with Crippen LogP contribution in [0.1, 0.15) is 23.7 Å². The van der Waals surface area contributed by atoms with Crippen molar-refractivity contribution in [1.82, 2.24) is 0 Å². The van der Waals surface area contributed by atoms with Crippen LogP contribution in [-0.2, 0) is 9.84 Å². The van der Waals surface area contributed by atoms with Gasteiger partial charge in [-0.1, -0.05) is 6.92 Å². The minimum atomic E-state index is -3.01. The summed E-state index contributed by atoms with van der Waals surface area (Å²) in [6.07, 6.45) is 0.853. The number of carbonyl (C=O) groups excluding carboxylic acids is 1. The van der Waals surface area contributed by atoms with Gasteiger partial charge in [-0.15, -0.1) is 0 Å². The van der Waals surface area contributed by atoms with Gasteiger partial charge in [0.2, 0.25) is 0 Å². The third-order valence-corrected chi connectivity index (χ3v) is 4.18. The molecule has 4 nitrogen and oxygen atoms in total. The highest BCUT2D eigenvalue weighted by molar-refractivity contribution is 7.91. The molecule has 0 radical (unpaired) electrons. The number of carbonyl (C=O) groups is 1. The topological polar surface area (TPSA) is 60.4 Å². The van der Waals surface area contributed by atoms with Crippen LogP contribution in [0.2, 0.25) is 0 Å². The highest BCUT2D eigenvalue weighted by Crippen LogP contribution is 2.17. The summed E-state index contributed by atoms with van der Waals surface area (Å²) in [6, 6.07) is 3.87. The lowest BCUT2D eigenvalue weighted by molar-refractivity contribution is 0.112. The molecule has 0 spiro atoms. The fraction of sp³-hybridized carbons (Fsp3) is 0.417. The predicted molar refractivity (Wildman–Crippen MR) is 66.2 cm³/mol. The van der Waals surface area contributed by atoms with Crippen molar-refractivity contribution < 1.29 is 22.3 Å². The van der Waals surface area contributed by atoms with Crippen molar-refractivity contribution >= 4 is 16.1 Å². The Bertz CT molecular complexity index is 511. The number of rotatable bonds is 7. The van der Waals surface area contributed by atoms with E-state index < -0.39 is 15.7 Å². The summed E-state index contributed by atoms with van der Waals surface area (Å²) in [6.45, 7) is 1.70. The molecule has 0 heterocycles. The Balaban J connectivity index is 2.47. The molecule has 0 bridgehead atoms. The van der Waals surface area contributed by atoms with Crippen LogP contribution in [0.5, 0.6) is 5.75 Å². The number of sulfone groups is 1. The van der Waals surface area contributed by atoms with Crippen LogP contribution in [-0.4, -0.2) is 32.8 Å². The van der Waals surface area contributed by atoms with Gasteiger partial charge in [-0.05, 0) is 24.6 Å². The minimum absolute atomic E-state index is 0.0227. The lowest BCUT2D eigenvalue weighted by atomic mass is 10.2. The van der Waals surface area contributed by atoms with Crippen LogP contribution in [0.25, 0.3) is 0 Å². The van der Waals surface area contributed by atoms with Crippen LogP contribution < -0.4 is 4.74 Å².